The molecule has 0 bridgehead atoms. The van der Waals surface area contributed by atoms with E-state index in [1.807, 2.05) is 0 Å². The van der Waals surface area contributed by atoms with Gasteiger partial charge in [-0.1, -0.05) is 0 Å². The van der Waals surface area contributed by atoms with E-state index in [9.17, 15) is 31.5 Å². The molecule has 0 aromatic carbocycles. The number of ether oxygens (including phenoxy) is 2. The van der Waals surface area contributed by atoms with Crippen molar-refractivity contribution in [3.8, 4) is 6.07 Å². The Balaban J connectivity index is 4.00. The van der Waals surface area contributed by atoms with Crippen molar-refractivity contribution in [1.29, 1.82) is 5.26 Å². The summed E-state index contributed by atoms with van der Waals surface area (Å²) in [6.45, 7) is 0.272. The molecular weight excluding hydrogens is 369 g/mol. The van der Waals surface area contributed by atoms with Crippen LogP contribution in [-0.4, -0.2) is 37.2 Å². The highest BCUT2D eigenvalue weighted by molar-refractivity contribution is 6.06. The average Bonchev–Trinajstić information content (AvgIpc) is 2.56. The largest absolute Gasteiger partial charge is 0.465 e. The number of methoxy groups -OCH3 is 1. The number of nitrogens with zero attached hydrogens (tertiary/aromatic N) is 2. The zero-order valence-corrected chi connectivity index (χ0v) is 13.4. The van der Waals surface area contributed by atoms with Crippen molar-refractivity contribution in [3.05, 3.63) is 22.5 Å². The molecule has 0 aliphatic heterocycles. The Bertz CT molecular complexity index is 744. The summed E-state index contributed by atoms with van der Waals surface area (Å²) in [5, 5.41) is 10.7. The van der Waals surface area contributed by atoms with E-state index in [1.54, 1.807) is 0 Å². The van der Waals surface area contributed by atoms with Crippen LogP contribution < -0.4 is 5.32 Å². The van der Waals surface area contributed by atoms with Crippen LogP contribution in [0.3, 0.4) is 0 Å². The van der Waals surface area contributed by atoms with Crippen molar-refractivity contribution in [2.45, 2.75) is 19.5 Å². The van der Waals surface area contributed by atoms with Gasteiger partial charge in [-0.25, -0.2) is 23.4 Å². The zero-order valence-electron chi connectivity index (χ0n) is 13.4. The van der Waals surface area contributed by atoms with Crippen LogP contribution in [0.5, 0.6) is 0 Å². The molecule has 1 N–H and O–H groups in total. The molecule has 0 fully saturated rings. The quantitative estimate of drug-likeness (QED) is 0.459. The van der Waals surface area contributed by atoms with Crippen LogP contribution in [0.15, 0.2) is 0 Å². The summed E-state index contributed by atoms with van der Waals surface area (Å²) < 4.78 is 75.1. The van der Waals surface area contributed by atoms with Crippen LogP contribution in [0.1, 0.15) is 45.5 Å². The predicted octanol–water partition coefficient (Wildman–Crippen LogP) is 2.94. The maximum absolute atomic E-state index is 13.3. The number of hydrogen-bond acceptors (Lipinski definition) is 7. The molecule has 0 amide bonds. The van der Waals surface area contributed by atoms with Gasteiger partial charge in [0.1, 0.15) is 23.4 Å². The molecule has 7 nitrogen and oxygen atoms in total. The van der Waals surface area contributed by atoms with E-state index >= 15 is 0 Å². The van der Waals surface area contributed by atoms with Crippen molar-refractivity contribution >= 4 is 17.6 Å². The molecule has 1 aromatic rings. The molecule has 142 valence electrons. The zero-order chi connectivity index (χ0) is 20.1. The van der Waals surface area contributed by atoms with Crippen molar-refractivity contribution in [3.63, 3.8) is 0 Å². The number of alkyl halides is 5. The van der Waals surface area contributed by atoms with Crippen LogP contribution >= 0.6 is 0 Å². The van der Waals surface area contributed by atoms with Gasteiger partial charge in [0.05, 0.1) is 25.5 Å². The van der Waals surface area contributed by atoms with Crippen LogP contribution in [0, 0.1) is 11.3 Å². The molecule has 0 saturated carbocycles. The van der Waals surface area contributed by atoms with Gasteiger partial charge < -0.3 is 14.8 Å². The Morgan fingerprint density at radius 1 is 1.27 bits per heavy atom. The van der Waals surface area contributed by atoms with Crippen LogP contribution in [0.25, 0.3) is 0 Å². The van der Waals surface area contributed by atoms with Crippen LogP contribution in [0.4, 0.5) is 27.6 Å². The van der Waals surface area contributed by atoms with Gasteiger partial charge in [0, 0.05) is 0 Å². The number of esters is 2. The maximum atomic E-state index is 13.3. The summed E-state index contributed by atoms with van der Waals surface area (Å²) >= 11 is 0. The Labute approximate surface area is 143 Å². The summed E-state index contributed by atoms with van der Waals surface area (Å²) in [5.41, 5.74) is -6.86. The summed E-state index contributed by atoms with van der Waals surface area (Å²) in [4.78, 5) is 26.7. The van der Waals surface area contributed by atoms with Crippen LogP contribution in [-0.2, 0) is 15.7 Å². The number of nitriles is 1. The monoisotopic (exact) mass is 381 g/mol. The molecule has 0 aliphatic rings. The normalized spacial score (nSPS) is 11.0. The van der Waals surface area contributed by atoms with Crippen molar-refractivity contribution < 1.29 is 41.0 Å². The van der Waals surface area contributed by atoms with Gasteiger partial charge in [-0.15, -0.1) is 0 Å². The van der Waals surface area contributed by atoms with Crippen molar-refractivity contribution in [1.82, 2.24) is 4.98 Å². The number of pyridine rings is 1. The Kier molecular flexibility index (Phi) is 6.82. The van der Waals surface area contributed by atoms with Crippen LogP contribution in [0.2, 0.25) is 0 Å². The lowest BCUT2D eigenvalue weighted by Crippen LogP contribution is -2.25. The van der Waals surface area contributed by atoms with Gasteiger partial charge in [-0.2, -0.15) is 18.4 Å². The third kappa shape index (κ3) is 4.35. The Morgan fingerprint density at radius 2 is 1.88 bits per heavy atom. The lowest BCUT2D eigenvalue weighted by molar-refractivity contribution is -0.142. The number of carbonyl (C=O) groups is 2. The third-order valence-corrected chi connectivity index (χ3v) is 2.91. The molecule has 12 heteroatoms. The minimum atomic E-state index is -5.32. The first-order valence-electron chi connectivity index (χ1n) is 6.89. The van der Waals surface area contributed by atoms with E-state index in [0.717, 1.165) is 7.11 Å². The standard InChI is InChI=1S/C14H12F5N3O4/c1-3-26-13(24)7-8(21-5-4-20)6(12(23)25-2)9(11(15)16)22-10(7)14(17,18)19/h11H,3,5H2,1-2H3,(H,21,22). The lowest BCUT2D eigenvalue weighted by atomic mass is 10.0. The topological polar surface area (TPSA) is 101 Å². The smallest absolute Gasteiger partial charge is 0.434 e. The van der Waals surface area contributed by atoms with E-state index in [0.29, 0.717) is 0 Å². The number of halogens is 5. The molecule has 1 rings (SSSR count). The second kappa shape index (κ2) is 8.41. The second-order valence-electron chi connectivity index (χ2n) is 4.49. The molecule has 0 aliphatic carbocycles. The molecule has 0 unspecified atom stereocenters. The molecule has 0 radical (unpaired) electrons. The highest BCUT2D eigenvalue weighted by Crippen LogP contribution is 2.39. The van der Waals surface area contributed by atoms with Gasteiger partial charge in [-0.05, 0) is 6.92 Å². The van der Waals surface area contributed by atoms with E-state index in [1.165, 1.54) is 13.0 Å². The number of aromatic nitrogens is 1. The Hall–Kier alpha value is -2.97. The van der Waals surface area contributed by atoms with E-state index in [2.05, 4.69) is 19.8 Å². The lowest BCUT2D eigenvalue weighted by Gasteiger charge is -2.20. The fraction of sp³-hybridized carbons (Fsp3) is 0.429. The van der Waals surface area contributed by atoms with E-state index in [-0.39, 0.29) is 6.61 Å². The second-order valence-corrected chi connectivity index (χ2v) is 4.49. The molecule has 26 heavy (non-hydrogen) atoms. The van der Waals surface area contributed by atoms with Gasteiger partial charge in [-0.3, -0.25) is 0 Å². The fourth-order valence-electron chi connectivity index (χ4n) is 1.98. The number of anilines is 1. The summed E-state index contributed by atoms with van der Waals surface area (Å²) in [6.07, 6.45) is -8.91. The molecule has 0 spiro atoms. The summed E-state index contributed by atoms with van der Waals surface area (Å²) in [5.74, 6) is -3.02. The minimum absolute atomic E-state index is 0.335. The van der Waals surface area contributed by atoms with Crippen molar-refractivity contribution in [2.75, 3.05) is 25.6 Å². The first-order chi connectivity index (χ1) is 12.1. The average molecular weight is 381 g/mol. The molecule has 1 heterocycles. The third-order valence-electron chi connectivity index (χ3n) is 2.91. The van der Waals surface area contributed by atoms with Gasteiger partial charge in [0.15, 0.2) is 5.69 Å². The highest BCUT2D eigenvalue weighted by Gasteiger charge is 2.43. The summed E-state index contributed by atoms with van der Waals surface area (Å²) in [6, 6.07) is 1.50. The van der Waals surface area contributed by atoms with Gasteiger partial charge in [0.25, 0.3) is 6.43 Å². The molecule has 0 saturated heterocycles. The number of nitrogens with one attached hydrogen (secondary N) is 1. The highest BCUT2D eigenvalue weighted by atomic mass is 19.4. The SMILES string of the molecule is CCOC(=O)c1c(C(F)(F)F)nc(C(F)F)c(C(=O)OC)c1NCC#N. The molecule has 1 aromatic heterocycles. The van der Waals surface area contributed by atoms with Gasteiger partial charge in [0.2, 0.25) is 0 Å². The summed E-state index contributed by atoms with van der Waals surface area (Å²) in [7, 11) is 0.799. The van der Waals surface area contributed by atoms with E-state index < -0.39 is 59.3 Å². The predicted molar refractivity (Wildman–Crippen MR) is 75.6 cm³/mol. The van der Waals surface area contributed by atoms with Gasteiger partial charge >= 0.3 is 18.1 Å². The number of rotatable bonds is 6. The maximum Gasteiger partial charge on any atom is 0.434 e. The van der Waals surface area contributed by atoms with E-state index in [4.69, 9.17) is 5.26 Å². The molecule has 0 atom stereocenters. The minimum Gasteiger partial charge on any atom is -0.465 e. The fourth-order valence-corrected chi connectivity index (χ4v) is 1.98. The Morgan fingerprint density at radius 3 is 2.31 bits per heavy atom. The number of hydrogen-bond donors (Lipinski definition) is 1. The first-order valence-corrected chi connectivity index (χ1v) is 6.89. The first kappa shape index (κ1) is 21.1. The van der Waals surface area contributed by atoms with Crippen molar-refractivity contribution in [2.24, 2.45) is 0 Å². The number of carbonyl (C=O) groups excluding carboxylic acids is 2. The molecular formula is C14H12F5N3O4.